The zero-order valence-electron chi connectivity index (χ0n) is 9.65. The molecular formula is C9H16N4O5. The molecule has 1 fully saturated rings. The summed E-state index contributed by atoms with van der Waals surface area (Å²) in [6, 6.07) is -0.669. The maximum atomic E-state index is 11.8. The third-order valence-corrected chi connectivity index (χ3v) is 2.59. The zero-order chi connectivity index (χ0) is 13.9. The van der Waals surface area contributed by atoms with Crippen LogP contribution >= 0.6 is 0 Å². The van der Waals surface area contributed by atoms with Gasteiger partial charge in [-0.25, -0.2) is 4.79 Å². The van der Waals surface area contributed by atoms with E-state index in [1.807, 2.05) is 0 Å². The summed E-state index contributed by atoms with van der Waals surface area (Å²) in [6.45, 7) is -0.196. The van der Waals surface area contributed by atoms with Gasteiger partial charge >= 0.3 is 6.03 Å². The van der Waals surface area contributed by atoms with E-state index >= 15 is 0 Å². The van der Waals surface area contributed by atoms with Gasteiger partial charge in [-0.05, 0) is 0 Å². The Kier molecular flexibility index (Phi) is 4.45. The molecule has 2 unspecified atom stereocenters. The molecule has 9 heteroatoms. The first-order valence-electron chi connectivity index (χ1n) is 5.34. The molecule has 0 aromatic rings. The second-order valence-electron chi connectivity index (χ2n) is 3.93. The van der Waals surface area contributed by atoms with Gasteiger partial charge in [0.1, 0.15) is 0 Å². The maximum Gasteiger partial charge on any atom is 0.324 e. The molecule has 0 bridgehead atoms. The lowest BCUT2D eigenvalue weighted by molar-refractivity contribution is -0.120. The lowest BCUT2D eigenvalue weighted by Gasteiger charge is -2.18. The van der Waals surface area contributed by atoms with Gasteiger partial charge in [-0.3, -0.25) is 19.4 Å². The molecule has 0 aromatic carbocycles. The summed E-state index contributed by atoms with van der Waals surface area (Å²) in [6.07, 6.45) is -3.16. The Bertz CT molecular complexity index is 329. The van der Waals surface area contributed by atoms with Crippen molar-refractivity contribution in [2.24, 2.45) is 11.5 Å². The number of carbonyl (C=O) groups excluding carboxylic acids is 3. The van der Waals surface area contributed by atoms with Crippen LogP contribution in [0.4, 0.5) is 4.79 Å². The number of aliphatic hydroxyl groups excluding tert-OH is 2. The Hall–Kier alpha value is -1.87. The van der Waals surface area contributed by atoms with E-state index in [-0.39, 0.29) is 25.9 Å². The monoisotopic (exact) mass is 260 g/mol. The Labute approximate surface area is 103 Å². The number of amides is 4. The van der Waals surface area contributed by atoms with Crippen molar-refractivity contribution in [1.29, 1.82) is 0 Å². The van der Waals surface area contributed by atoms with E-state index in [9.17, 15) is 24.6 Å². The number of nitrogens with two attached hydrogens (primary N) is 2. The minimum Gasteiger partial charge on any atom is -0.370 e. The van der Waals surface area contributed by atoms with Gasteiger partial charge in [-0.15, -0.1) is 0 Å². The van der Waals surface area contributed by atoms with E-state index in [0.29, 0.717) is 0 Å². The van der Waals surface area contributed by atoms with Crippen LogP contribution in [-0.4, -0.2) is 63.4 Å². The number of nitrogens with zero attached hydrogens (tertiary/aromatic N) is 2. The van der Waals surface area contributed by atoms with Crippen LogP contribution in [0, 0.1) is 0 Å². The molecular weight excluding hydrogens is 244 g/mol. The van der Waals surface area contributed by atoms with Crippen LogP contribution < -0.4 is 11.5 Å². The Balaban J connectivity index is 2.64. The van der Waals surface area contributed by atoms with Gasteiger partial charge in [0.05, 0.1) is 0 Å². The first-order valence-corrected chi connectivity index (χ1v) is 5.34. The zero-order valence-corrected chi connectivity index (χ0v) is 9.65. The quantitative estimate of drug-likeness (QED) is 0.404. The normalized spacial score (nSPS) is 23.6. The molecule has 102 valence electrons. The number of aliphatic hydroxyl groups is 2. The number of hydrogen-bond donors (Lipinski definition) is 4. The summed E-state index contributed by atoms with van der Waals surface area (Å²) in [5.41, 5.74) is 9.87. The molecule has 0 spiro atoms. The minimum absolute atomic E-state index is 0.0978. The number of rotatable bonds is 6. The van der Waals surface area contributed by atoms with E-state index in [0.717, 1.165) is 9.80 Å². The summed E-state index contributed by atoms with van der Waals surface area (Å²) >= 11 is 0. The highest BCUT2D eigenvalue weighted by Gasteiger charge is 2.43. The summed E-state index contributed by atoms with van der Waals surface area (Å²) in [4.78, 5) is 34.8. The summed E-state index contributed by atoms with van der Waals surface area (Å²) in [5.74, 6) is -1.25. The molecule has 1 aliphatic heterocycles. The smallest absolute Gasteiger partial charge is 0.324 e. The summed E-state index contributed by atoms with van der Waals surface area (Å²) in [7, 11) is 0. The first kappa shape index (κ1) is 14.2. The molecule has 1 aliphatic rings. The fraction of sp³-hybridized carbons (Fsp3) is 0.667. The molecule has 4 amide bonds. The van der Waals surface area contributed by atoms with Crippen molar-refractivity contribution in [3.63, 3.8) is 0 Å². The van der Waals surface area contributed by atoms with Crippen LogP contribution in [-0.2, 0) is 9.59 Å². The lowest BCUT2D eigenvalue weighted by Crippen LogP contribution is -2.38. The van der Waals surface area contributed by atoms with Gasteiger partial charge in [0.25, 0.3) is 0 Å². The molecule has 6 N–H and O–H groups in total. The van der Waals surface area contributed by atoms with Crippen LogP contribution in [0.3, 0.4) is 0 Å². The lowest BCUT2D eigenvalue weighted by atomic mass is 10.3. The fourth-order valence-electron chi connectivity index (χ4n) is 1.63. The minimum atomic E-state index is -1.45. The molecule has 0 saturated carbocycles. The van der Waals surface area contributed by atoms with Crippen LogP contribution in [0.15, 0.2) is 0 Å². The van der Waals surface area contributed by atoms with Crippen molar-refractivity contribution in [2.75, 3.05) is 13.1 Å². The SMILES string of the molecule is NC(=O)CCN1C(=O)N(CCC(N)=O)C(O)C1O. The van der Waals surface area contributed by atoms with Crippen LogP contribution in [0.2, 0.25) is 0 Å². The molecule has 9 nitrogen and oxygen atoms in total. The first-order chi connectivity index (χ1) is 8.34. The Morgan fingerprint density at radius 2 is 1.33 bits per heavy atom. The summed E-state index contributed by atoms with van der Waals surface area (Å²) in [5, 5.41) is 19.2. The number of primary amides is 2. The van der Waals surface area contributed by atoms with Crippen molar-refractivity contribution in [3.05, 3.63) is 0 Å². The molecule has 1 saturated heterocycles. The largest absolute Gasteiger partial charge is 0.370 e. The molecule has 1 rings (SSSR count). The van der Waals surface area contributed by atoms with Crippen LogP contribution in [0.25, 0.3) is 0 Å². The average Bonchev–Trinajstić information content (AvgIpc) is 2.46. The van der Waals surface area contributed by atoms with Gasteiger partial charge in [0.2, 0.25) is 11.8 Å². The van der Waals surface area contributed by atoms with E-state index in [2.05, 4.69) is 0 Å². The number of carbonyl (C=O) groups is 3. The van der Waals surface area contributed by atoms with Crippen molar-refractivity contribution in [1.82, 2.24) is 9.80 Å². The predicted octanol–water partition coefficient (Wildman–Crippen LogP) is -2.89. The molecule has 18 heavy (non-hydrogen) atoms. The van der Waals surface area contributed by atoms with E-state index in [4.69, 9.17) is 11.5 Å². The van der Waals surface area contributed by atoms with E-state index in [1.54, 1.807) is 0 Å². The van der Waals surface area contributed by atoms with Gasteiger partial charge < -0.3 is 21.7 Å². The van der Waals surface area contributed by atoms with Crippen molar-refractivity contribution < 1.29 is 24.6 Å². The molecule has 2 atom stereocenters. The van der Waals surface area contributed by atoms with Crippen LogP contribution in [0.5, 0.6) is 0 Å². The standard InChI is InChI=1S/C9H16N4O5/c10-5(14)1-3-12-7(16)8(17)13(9(12)18)4-2-6(11)15/h7-8,16-17H,1-4H2,(H2,10,14)(H2,11,15). The van der Waals surface area contributed by atoms with Gasteiger partial charge in [0.15, 0.2) is 12.5 Å². The van der Waals surface area contributed by atoms with E-state index in [1.165, 1.54) is 0 Å². The topological polar surface area (TPSA) is 150 Å². The fourth-order valence-corrected chi connectivity index (χ4v) is 1.63. The number of urea groups is 1. The van der Waals surface area contributed by atoms with Crippen molar-refractivity contribution in [3.8, 4) is 0 Å². The number of hydrogen-bond acceptors (Lipinski definition) is 5. The molecule has 1 heterocycles. The highest BCUT2D eigenvalue weighted by atomic mass is 16.4. The molecule has 0 radical (unpaired) electrons. The molecule has 0 aliphatic carbocycles. The third kappa shape index (κ3) is 3.08. The Morgan fingerprint density at radius 1 is 1.00 bits per heavy atom. The van der Waals surface area contributed by atoms with E-state index < -0.39 is 30.3 Å². The Morgan fingerprint density at radius 3 is 1.61 bits per heavy atom. The second kappa shape index (κ2) is 5.65. The maximum absolute atomic E-state index is 11.8. The van der Waals surface area contributed by atoms with Crippen LogP contribution in [0.1, 0.15) is 12.8 Å². The second-order valence-corrected chi connectivity index (χ2v) is 3.93. The van der Waals surface area contributed by atoms with Crippen molar-refractivity contribution >= 4 is 17.8 Å². The van der Waals surface area contributed by atoms with Gasteiger partial charge in [0, 0.05) is 25.9 Å². The van der Waals surface area contributed by atoms with Gasteiger partial charge in [-0.1, -0.05) is 0 Å². The third-order valence-electron chi connectivity index (χ3n) is 2.59. The summed E-state index contributed by atoms with van der Waals surface area (Å²) < 4.78 is 0. The highest BCUT2D eigenvalue weighted by Crippen LogP contribution is 2.20. The highest BCUT2D eigenvalue weighted by molar-refractivity contribution is 5.80. The average molecular weight is 260 g/mol. The predicted molar refractivity (Wildman–Crippen MR) is 58.4 cm³/mol. The molecule has 0 aromatic heterocycles. The van der Waals surface area contributed by atoms with Crippen molar-refractivity contribution in [2.45, 2.75) is 25.3 Å². The van der Waals surface area contributed by atoms with Gasteiger partial charge in [-0.2, -0.15) is 0 Å².